The molecule has 0 aliphatic carbocycles. The minimum Gasteiger partial charge on any atom is -0.464 e. The van der Waals surface area contributed by atoms with Gasteiger partial charge in [0.2, 0.25) is 5.91 Å². The van der Waals surface area contributed by atoms with Crippen LogP contribution in [0.3, 0.4) is 0 Å². The van der Waals surface area contributed by atoms with Gasteiger partial charge in [-0.05, 0) is 23.8 Å². The Morgan fingerprint density at radius 1 is 1.23 bits per heavy atom. The predicted octanol–water partition coefficient (Wildman–Crippen LogP) is 3.91. The number of hydrogen-bond acceptors (Lipinski definition) is 6. The highest BCUT2D eigenvalue weighted by Crippen LogP contribution is 2.33. The normalized spacial score (nSPS) is 11.7. The highest BCUT2D eigenvalue weighted by atomic mass is 16.5. The number of amides is 1. The van der Waals surface area contributed by atoms with Crippen LogP contribution < -0.4 is 10.6 Å². The van der Waals surface area contributed by atoms with Gasteiger partial charge in [-0.2, -0.15) is 0 Å². The summed E-state index contributed by atoms with van der Waals surface area (Å²) in [5, 5.41) is 6.89. The molecule has 0 bridgehead atoms. The number of fused-ring (bicyclic) bond motifs is 1. The van der Waals surface area contributed by atoms with E-state index in [1.807, 2.05) is 10.6 Å². The lowest BCUT2D eigenvalue weighted by molar-refractivity contribution is -0.119. The first-order valence-electron chi connectivity index (χ1n) is 10.2. The number of methoxy groups -OCH3 is 2. The molecule has 8 nitrogen and oxygen atoms in total. The molecule has 8 heteroatoms. The Kier molecular flexibility index (Phi) is 7.83. The summed E-state index contributed by atoms with van der Waals surface area (Å²) in [6, 6.07) is 1.91. The topological polar surface area (TPSA) is 94.5 Å². The van der Waals surface area contributed by atoms with Gasteiger partial charge in [-0.1, -0.05) is 34.6 Å². The number of aromatic nitrogens is 2. The van der Waals surface area contributed by atoms with Crippen LogP contribution in [0.15, 0.2) is 12.3 Å². The highest BCUT2D eigenvalue weighted by molar-refractivity contribution is 6.11. The molecule has 0 aliphatic heterocycles. The zero-order valence-corrected chi connectivity index (χ0v) is 19.1. The van der Waals surface area contributed by atoms with E-state index in [-0.39, 0.29) is 23.6 Å². The van der Waals surface area contributed by atoms with Crippen molar-refractivity contribution in [3.8, 4) is 0 Å². The second kappa shape index (κ2) is 9.93. The molecule has 0 saturated carbocycles. The van der Waals surface area contributed by atoms with Gasteiger partial charge in [0.1, 0.15) is 12.3 Å². The molecule has 0 saturated heterocycles. The number of esters is 1. The molecule has 0 spiro atoms. The van der Waals surface area contributed by atoms with Crippen LogP contribution in [0.2, 0.25) is 0 Å². The predicted molar refractivity (Wildman–Crippen MR) is 119 cm³/mol. The van der Waals surface area contributed by atoms with Crippen molar-refractivity contribution in [2.75, 3.05) is 38.0 Å². The number of nitrogens with zero attached hydrogens (tertiary/aromatic N) is 2. The van der Waals surface area contributed by atoms with E-state index < -0.39 is 5.97 Å². The first kappa shape index (κ1) is 23.7. The van der Waals surface area contributed by atoms with Crippen LogP contribution in [0.5, 0.6) is 0 Å². The van der Waals surface area contributed by atoms with E-state index in [9.17, 15) is 9.59 Å². The van der Waals surface area contributed by atoms with Gasteiger partial charge in [-0.3, -0.25) is 4.79 Å². The van der Waals surface area contributed by atoms with Crippen LogP contribution in [0, 0.1) is 11.3 Å². The molecule has 0 aromatic carbocycles. The molecule has 2 aromatic rings. The van der Waals surface area contributed by atoms with E-state index in [1.165, 1.54) is 14.2 Å². The molecule has 2 rings (SSSR count). The van der Waals surface area contributed by atoms with Crippen molar-refractivity contribution in [2.24, 2.45) is 11.3 Å². The average molecular weight is 419 g/mol. The molecular formula is C22H34N4O4. The van der Waals surface area contributed by atoms with Gasteiger partial charge in [-0.25, -0.2) is 9.78 Å². The third kappa shape index (κ3) is 5.95. The first-order valence-corrected chi connectivity index (χ1v) is 10.2. The summed E-state index contributed by atoms with van der Waals surface area (Å²) < 4.78 is 11.8. The molecule has 0 fully saturated rings. The molecule has 30 heavy (non-hydrogen) atoms. The molecule has 166 valence electrons. The Bertz CT molecular complexity index is 897. The zero-order valence-electron chi connectivity index (χ0n) is 19.1. The fraction of sp³-hybridized carbons (Fsp3) is 0.591. The molecule has 2 N–H and O–H groups in total. The van der Waals surface area contributed by atoms with E-state index in [4.69, 9.17) is 9.47 Å². The third-order valence-electron chi connectivity index (χ3n) is 4.57. The summed E-state index contributed by atoms with van der Waals surface area (Å²) >= 11 is 0. The van der Waals surface area contributed by atoms with E-state index in [1.54, 1.807) is 6.20 Å². The number of anilines is 2. The van der Waals surface area contributed by atoms with Gasteiger partial charge in [0.05, 0.1) is 24.7 Å². The summed E-state index contributed by atoms with van der Waals surface area (Å²) in [6.45, 7) is 11.9. The number of rotatable bonds is 9. The Balaban J connectivity index is 2.63. The summed E-state index contributed by atoms with van der Waals surface area (Å²) in [6.07, 6.45) is 2.60. The van der Waals surface area contributed by atoms with Crippen LogP contribution in [0.1, 0.15) is 51.5 Å². The number of hydrogen-bond donors (Lipinski definition) is 2. The number of ether oxygens (including phenoxy) is 2. The maximum atomic E-state index is 12.7. The largest absolute Gasteiger partial charge is 0.464 e. The number of pyridine rings is 1. The van der Waals surface area contributed by atoms with Gasteiger partial charge < -0.3 is 24.7 Å². The first-order chi connectivity index (χ1) is 14.1. The highest BCUT2D eigenvalue weighted by Gasteiger charge is 2.26. The average Bonchev–Trinajstić information content (AvgIpc) is 2.96. The van der Waals surface area contributed by atoms with Crippen molar-refractivity contribution in [1.82, 2.24) is 9.55 Å². The second-order valence-corrected chi connectivity index (χ2v) is 9.04. The molecule has 0 unspecified atom stereocenters. The van der Waals surface area contributed by atoms with Crippen LogP contribution in [-0.2, 0) is 20.8 Å². The van der Waals surface area contributed by atoms with Crippen molar-refractivity contribution in [3.63, 3.8) is 0 Å². The van der Waals surface area contributed by atoms with Crippen molar-refractivity contribution in [1.29, 1.82) is 0 Å². The van der Waals surface area contributed by atoms with Crippen molar-refractivity contribution >= 4 is 34.3 Å². The lowest BCUT2D eigenvalue weighted by atomic mass is 9.97. The number of carbonyl (C=O) groups is 2. The Hall–Kier alpha value is -2.61. The molecular weight excluding hydrogens is 384 g/mol. The number of aryl methyl sites for hydroxylation is 1. The molecule has 0 radical (unpaired) electrons. The minimum atomic E-state index is -0.520. The lowest BCUT2D eigenvalue weighted by Gasteiger charge is -2.19. The summed E-state index contributed by atoms with van der Waals surface area (Å²) in [4.78, 5) is 29.6. The molecule has 0 aliphatic rings. The number of nitrogens with one attached hydrogen (secondary N) is 2. The number of carbonyl (C=O) groups excluding carboxylic acids is 2. The van der Waals surface area contributed by atoms with E-state index in [0.717, 1.165) is 18.7 Å². The van der Waals surface area contributed by atoms with Crippen LogP contribution >= 0.6 is 0 Å². The van der Waals surface area contributed by atoms with E-state index in [2.05, 4.69) is 50.2 Å². The fourth-order valence-corrected chi connectivity index (χ4v) is 3.04. The van der Waals surface area contributed by atoms with Gasteiger partial charge >= 0.3 is 5.97 Å². The van der Waals surface area contributed by atoms with Crippen molar-refractivity contribution < 1.29 is 19.1 Å². The van der Waals surface area contributed by atoms with Crippen LogP contribution in [-0.4, -0.2) is 48.8 Å². The van der Waals surface area contributed by atoms with Crippen molar-refractivity contribution in [2.45, 2.75) is 47.6 Å². The molecule has 1 amide bonds. The van der Waals surface area contributed by atoms with Gasteiger partial charge in [0.15, 0.2) is 5.69 Å². The maximum absolute atomic E-state index is 12.7. The van der Waals surface area contributed by atoms with Gasteiger partial charge in [0, 0.05) is 25.6 Å². The quantitative estimate of drug-likeness (QED) is 0.600. The third-order valence-corrected chi connectivity index (χ3v) is 4.57. The van der Waals surface area contributed by atoms with E-state index >= 15 is 0 Å². The SMILES string of the molecule is COCC(=O)Nc1c(C(=O)OC)n(CCC(C)C)c2ncc(NCC(C)(C)C)cc12. The van der Waals surface area contributed by atoms with Gasteiger partial charge in [0.25, 0.3) is 0 Å². The molecule has 2 heterocycles. The van der Waals surface area contributed by atoms with Crippen LogP contribution in [0.25, 0.3) is 11.0 Å². The Morgan fingerprint density at radius 3 is 2.50 bits per heavy atom. The molecule has 0 atom stereocenters. The Labute approximate surface area is 178 Å². The molecule has 2 aromatic heterocycles. The lowest BCUT2D eigenvalue weighted by Crippen LogP contribution is -2.20. The van der Waals surface area contributed by atoms with Gasteiger partial charge in [-0.15, -0.1) is 0 Å². The Morgan fingerprint density at radius 2 is 1.93 bits per heavy atom. The summed E-state index contributed by atoms with van der Waals surface area (Å²) in [5.41, 5.74) is 2.22. The minimum absolute atomic E-state index is 0.0881. The smallest absolute Gasteiger partial charge is 0.356 e. The van der Waals surface area contributed by atoms with Crippen molar-refractivity contribution in [3.05, 3.63) is 18.0 Å². The van der Waals surface area contributed by atoms with Crippen LogP contribution in [0.4, 0.5) is 11.4 Å². The standard InChI is InChI=1S/C22H34N4O4/c1-14(2)8-9-26-19(21(28)30-7)18(25-17(27)12-29-6)16-10-15(11-23-20(16)26)24-13-22(3,4)5/h10-11,14,24H,8-9,12-13H2,1-7H3,(H,25,27). The fourth-order valence-electron chi connectivity index (χ4n) is 3.04. The zero-order chi connectivity index (χ0) is 22.5. The maximum Gasteiger partial charge on any atom is 0.356 e. The second-order valence-electron chi connectivity index (χ2n) is 9.04. The monoisotopic (exact) mass is 418 g/mol. The van der Waals surface area contributed by atoms with E-state index in [0.29, 0.717) is 29.2 Å². The summed E-state index contributed by atoms with van der Waals surface area (Å²) in [5.74, 6) is -0.431. The summed E-state index contributed by atoms with van der Waals surface area (Å²) in [7, 11) is 2.78.